The number of nitrogens with one attached hydrogen (secondary N) is 2. The minimum atomic E-state index is -0.245. The average molecular weight is 243 g/mol. The molecule has 2 aromatic rings. The minimum absolute atomic E-state index is 0.245. The van der Waals surface area contributed by atoms with Gasteiger partial charge >= 0.3 is 6.03 Å². The molecule has 0 saturated carbocycles. The van der Waals surface area contributed by atoms with Gasteiger partial charge in [0.15, 0.2) is 0 Å². The van der Waals surface area contributed by atoms with Gasteiger partial charge in [-0.2, -0.15) is 0 Å². The molecule has 2 aromatic carbocycles. The quantitative estimate of drug-likeness (QED) is 0.812. The Morgan fingerprint density at radius 3 is 2.47 bits per heavy atom. The SMILES string of the molecule is O=C(NSc1ccccc1)Nc1cc[c]cc1. The Balaban J connectivity index is 1.83. The van der Waals surface area contributed by atoms with Crippen molar-refractivity contribution in [2.45, 2.75) is 4.90 Å². The molecule has 0 aliphatic rings. The van der Waals surface area contributed by atoms with Crippen LogP contribution in [0.3, 0.4) is 0 Å². The molecular weight excluding hydrogens is 232 g/mol. The van der Waals surface area contributed by atoms with Crippen molar-refractivity contribution in [2.24, 2.45) is 0 Å². The van der Waals surface area contributed by atoms with E-state index in [1.165, 1.54) is 11.9 Å². The van der Waals surface area contributed by atoms with Gasteiger partial charge < -0.3 is 5.32 Å². The van der Waals surface area contributed by atoms with E-state index >= 15 is 0 Å². The summed E-state index contributed by atoms with van der Waals surface area (Å²) in [6.07, 6.45) is 0. The number of hydrogen-bond acceptors (Lipinski definition) is 2. The molecular formula is C13H11N2OS. The van der Waals surface area contributed by atoms with E-state index in [1.54, 1.807) is 24.3 Å². The molecule has 0 aliphatic carbocycles. The largest absolute Gasteiger partial charge is 0.329 e. The van der Waals surface area contributed by atoms with E-state index in [2.05, 4.69) is 16.1 Å². The summed E-state index contributed by atoms with van der Waals surface area (Å²) in [6, 6.07) is 19.4. The second kappa shape index (κ2) is 5.96. The van der Waals surface area contributed by atoms with Crippen molar-refractivity contribution in [3.05, 3.63) is 60.7 Å². The third-order valence-electron chi connectivity index (χ3n) is 1.98. The molecule has 4 heteroatoms. The van der Waals surface area contributed by atoms with E-state index in [0.717, 1.165) is 10.6 Å². The van der Waals surface area contributed by atoms with Crippen molar-refractivity contribution < 1.29 is 4.79 Å². The van der Waals surface area contributed by atoms with Crippen molar-refractivity contribution in [3.8, 4) is 0 Å². The van der Waals surface area contributed by atoms with Crippen molar-refractivity contribution >= 4 is 23.7 Å². The average Bonchev–Trinajstić information content (AvgIpc) is 2.39. The molecule has 0 aliphatic heterocycles. The molecule has 85 valence electrons. The molecule has 3 nitrogen and oxygen atoms in total. The summed E-state index contributed by atoms with van der Waals surface area (Å²) < 4.78 is 2.70. The first-order valence-corrected chi connectivity index (χ1v) is 5.91. The Morgan fingerprint density at radius 1 is 1.06 bits per heavy atom. The number of carbonyl (C=O) groups is 1. The number of urea groups is 1. The molecule has 2 N–H and O–H groups in total. The lowest BCUT2D eigenvalue weighted by atomic mass is 10.3. The number of rotatable bonds is 3. The molecule has 0 atom stereocenters. The summed E-state index contributed by atoms with van der Waals surface area (Å²) in [5, 5.41) is 2.72. The topological polar surface area (TPSA) is 41.1 Å². The van der Waals surface area contributed by atoms with Crippen LogP contribution in [0.5, 0.6) is 0 Å². The van der Waals surface area contributed by atoms with E-state index in [-0.39, 0.29) is 6.03 Å². The minimum Gasteiger partial charge on any atom is -0.307 e. The first-order valence-electron chi connectivity index (χ1n) is 5.09. The fraction of sp³-hybridized carbons (Fsp3) is 0. The maximum atomic E-state index is 11.5. The highest BCUT2D eigenvalue weighted by Gasteiger charge is 2.01. The van der Waals surface area contributed by atoms with Crippen LogP contribution in [0.15, 0.2) is 59.5 Å². The molecule has 17 heavy (non-hydrogen) atoms. The zero-order chi connectivity index (χ0) is 11.9. The van der Waals surface area contributed by atoms with Crippen molar-refractivity contribution in [2.75, 3.05) is 5.32 Å². The maximum absolute atomic E-state index is 11.5. The molecule has 0 bridgehead atoms. The van der Waals surface area contributed by atoms with E-state index in [4.69, 9.17) is 0 Å². The standard InChI is InChI=1S/C13H11N2OS/c16-13(14-11-7-3-1-4-8-11)15-17-12-9-5-2-6-10-12/h2-10H,(H2,14,15,16). The third-order valence-corrected chi connectivity index (χ3v) is 2.78. The van der Waals surface area contributed by atoms with Gasteiger partial charge in [-0.3, -0.25) is 4.72 Å². The molecule has 0 heterocycles. The summed E-state index contributed by atoms with van der Waals surface area (Å²) >= 11 is 1.28. The van der Waals surface area contributed by atoms with Crippen LogP contribution >= 0.6 is 11.9 Å². The molecule has 2 amide bonds. The number of anilines is 1. The highest BCUT2D eigenvalue weighted by atomic mass is 32.2. The number of amides is 2. The van der Waals surface area contributed by atoms with Crippen LogP contribution in [0.2, 0.25) is 0 Å². The van der Waals surface area contributed by atoms with Gasteiger partial charge in [0.1, 0.15) is 0 Å². The molecule has 0 spiro atoms. The highest BCUT2D eigenvalue weighted by Crippen LogP contribution is 2.13. The zero-order valence-electron chi connectivity index (χ0n) is 9.01. The van der Waals surface area contributed by atoms with Crippen molar-refractivity contribution in [1.29, 1.82) is 0 Å². The normalized spacial score (nSPS) is 9.65. The fourth-order valence-corrected chi connectivity index (χ4v) is 1.78. The first kappa shape index (κ1) is 11.5. The van der Waals surface area contributed by atoms with Gasteiger partial charge in [0.05, 0.1) is 0 Å². The van der Waals surface area contributed by atoms with Crippen LogP contribution in [0.25, 0.3) is 0 Å². The maximum Gasteiger partial charge on any atom is 0.329 e. The van der Waals surface area contributed by atoms with Gasteiger partial charge in [-0.15, -0.1) is 0 Å². The summed E-state index contributed by atoms with van der Waals surface area (Å²) in [5.74, 6) is 0. The lowest BCUT2D eigenvalue weighted by Gasteiger charge is -2.06. The molecule has 0 fully saturated rings. The predicted octanol–water partition coefficient (Wildman–Crippen LogP) is 3.32. The van der Waals surface area contributed by atoms with Gasteiger partial charge in [-0.1, -0.05) is 30.3 Å². The molecule has 0 aromatic heterocycles. The highest BCUT2D eigenvalue weighted by molar-refractivity contribution is 7.98. The zero-order valence-corrected chi connectivity index (χ0v) is 9.83. The Hall–Kier alpha value is -1.94. The Kier molecular flexibility index (Phi) is 4.05. The molecule has 1 radical (unpaired) electrons. The van der Waals surface area contributed by atoms with Crippen LogP contribution in [-0.4, -0.2) is 6.03 Å². The van der Waals surface area contributed by atoms with Gasteiger partial charge in [-0.05, 0) is 42.3 Å². The summed E-state index contributed by atoms with van der Waals surface area (Å²) in [4.78, 5) is 12.5. The predicted molar refractivity (Wildman–Crippen MR) is 69.7 cm³/mol. The lowest BCUT2D eigenvalue weighted by molar-refractivity contribution is 0.257. The monoisotopic (exact) mass is 243 g/mol. The molecule has 0 saturated heterocycles. The Morgan fingerprint density at radius 2 is 1.76 bits per heavy atom. The first-order chi connectivity index (χ1) is 8.34. The second-order valence-electron chi connectivity index (χ2n) is 3.26. The van der Waals surface area contributed by atoms with Crippen LogP contribution < -0.4 is 10.0 Å². The van der Waals surface area contributed by atoms with E-state index in [9.17, 15) is 4.79 Å². The Bertz CT molecular complexity index is 473. The molecule has 0 unspecified atom stereocenters. The lowest BCUT2D eigenvalue weighted by Crippen LogP contribution is -2.22. The molecule has 2 rings (SSSR count). The van der Waals surface area contributed by atoms with Crippen molar-refractivity contribution in [3.63, 3.8) is 0 Å². The summed E-state index contributed by atoms with van der Waals surface area (Å²) in [5.41, 5.74) is 0.745. The third kappa shape index (κ3) is 3.85. The van der Waals surface area contributed by atoms with Crippen LogP contribution in [0.4, 0.5) is 10.5 Å². The van der Waals surface area contributed by atoms with E-state index in [0.29, 0.717) is 0 Å². The second-order valence-corrected chi connectivity index (χ2v) is 4.14. The van der Waals surface area contributed by atoms with Gasteiger partial charge in [0, 0.05) is 10.6 Å². The number of benzene rings is 2. The van der Waals surface area contributed by atoms with Crippen molar-refractivity contribution in [1.82, 2.24) is 4.72 Å². The fourth-order valence-electron chi connectivity index (χ4n) is 1.22. The van der Waals surface area contributed by atoms with Crippen LogP contribution in [0.1, 0.15) is 0 Å². The number of carbonyl (C=O) groups excluding carboxylic acids is 1. The number of hydrogen-bond donors (Lipinski definition) is 2. The summed E-state index contributed by atoms with van der Waals surface area (Å²) in [7, 11) is 0. The summed E-state index contributed by atoms with van der Waals surface area (Å²) in [6.45, 7) is 0. The van der Waals surface area contributed by atoms with Crippen LogP contribution in [0, 0.1) is 6.07 Å². The van der Waals surface area contributed by atoms with Gasteiger partial charge in [0.25, 0.3) is 0 Å². The van der Waals surface area contributed by atoms with E-state index in [1.807, 2.05) is 30.3 Å². The van der Waals surface area contributed by atoms with E-state index < -0.39 is 0 Å². The van der Waals surface area contributed by atoms with Gasteiger partial charge in [-0.25, -0.2) is 4.79 Å². The van der Waals surface area contributed by atoms with Crippen LogP contribution in [-0.2, 0) is 0 Å². The van der Waals surface area contributed by atoms with Gasteiger partial charge in [0.2, 0.25) is 0 Å². The smallest absolute Gasteiger partial charge is 0.307 e. The Labute approximate surface area is 104 Å².